The number of benzene rings is 2. The summed E-state index contributed by atoms with van der Waals surface area (Å²) in [5.41, 5.74) is 5.56. The molecule has 0 aliphatic rings. The topological polar surface area (TPSA) is 88.5 Å². The van der Waals surface area contributed by atoms with Crippen molar-refractivity contribution >= 4 is 33.7 Å². The first-order valence-corrected chi connectivity index (χ1v) is 9.24. The van der Waals surface area contributed by atoms with E-state index in [9.17, 15) is 4.79 Å². The number of carbonyl (C=O) groups excluding carboxylic acids is 1. The van der Waals surface area contributed by atoms with Crippen molar-refractivity contribution in [1.29, 1.82) is 0 Å². The highest BCUT2D eigenvalue weighted by Crippen LogP contribution is 2.24. The van der Waals surface area contributed by atoms with E-state index in [1.807, 2.05) is 68.6 Å². The third-order valence-electron chi connectivity index (χ3n) is 4.91. The highest BCUT2D eigenvalue weighted by atomic mass is 16.1. The zero-order valence-corrected chi connectivity index (χ0v) is 16.0. The summed E-state index contributed by atoms with van der Waals surface area (Å²) in [7, 11) is 1.84. The predicted molar refractivity (Wildman–Crippen MR) is 113 cm³/mol. The molecule has 5 aromatic rings. The Hall–Kier alpha value is -4.00. The van der Waals surface area contributed by atoms with Gasteiger partial charge in [-0.3, -0.25) is 9.48 Å². The predicted octanol–water partition coefficient (Wildman–Crippen LogP) is 4.07. The number of imidazole rings is 1. The van der Waals surface area contributed by atoms with Crippen LogP contribution in [0.1, 0.15) is 16.1 Å². The minimum atomic E-state index is -0.218. The standard InChI is InChI=1S/C22H18N6O/c1-13-17-11-15(12-23-21(17)28(2)27-13)22(29)24-16-7-5-6-14(10-16)20-25-18-8-3-4-9-19(18)26-20/h3-12H,1-2H3,(H,24,29)(H,25,26). The Morgan fingerprint density at radius 3 is 2.83 bits per heavy atom. The number of nitrogens with zero attached hydrogens (tertiary/aromatic N) is 4. The minimum absolute atomic E-state index is 0.218. The molecule has 29 heavy (non-hydrogen) atoms. The molecule has 0 spiro atoms. The number of fused-ring (bicyclic) bond motifs is 2. The summed E-state index contributed by atoms with van der Waals surface area (Å²) in [6.07, 6.45) is 1.57. The summed E-state index contributed by atoms with van der Waals surface area (Å²) in [5.74, 6) is 0.542. The number of nitrogens with one attached hydrogen (secondary N) is 2. The Morgan fingerprint density at radius 2 is 1.97 bits per heavy atom. The first-order chi connectivity index (χ1) is 14.1. The lowest BCUT2D eigenvalue weighted by atomic mass is 10.1. The van der Waals surface area contributed by atoms with Crippen LogP contribution in [0.25, 0.3) is 33.5 Å². The van der Waals surface area contributed by atoms with E-state index in [-0.39, 0.29) is 5.91 Å². The average molecular weight is 382 g/mol. The van der Waals surface area contributed by atoms with Crippen LogP contribution < -0.4 is 5.32 Å². The van der Waals surface area contributed by atoms with Crippen LogP contribution in [0, 0.1) is 6.92 Å². The van der Waals surface area contributed by atoms with Crippen LogP contribution in [0.3, 0.4) is 0 Å². The molecule has 0 radical (unpaired) electrons. The van der Waals surface area contributed by atoms with Gasteiger partial charge in [0.25, 0.3) is 5.91 Å². The number of aryl methyl sites for hydroxylation is 2. The van der Waals surface area contributed by atoms with E-state index in [1.165, 1.54) is 0 Å². The maximum absolute atomic E-state index is 12.8. The van der Waals surface area contributed by atoms with Crippen molar-refractivity contribution in [2.24, 2.45) is 7.05 Å². The van der Waals surface area contributed by atoms with Gasteiger partial charge < -0.3 is 10.3 Å². The summed E-state index contributed by atoms with van der Waals surface area (Å²) in [6.45, 7) is 1.91. The number of para-hydroxylation sites is 2. The second-order valence-electron chi connectivity index (χ2n) is 6.94. The smallest absolute Gasteiger partial charge is 0.257 e. The fraction of sp³-hybridized carbons (Fsp3) is 0.0909. The lowest BCUT2D eigenvalue weighted by Crippen LogP contribution is -2.12. The van der Waals surface area contributed by atoms with E-state index in [4.69, 9.17) is 0 Å². The largest absolute Gasteiger partial charge is 0.338 e. The van der Waals surface area contributed by atoms with Gasteiger partial charge in [-0.2, -0.15) is 5.10 Å². The van der Waals surface area contributed by atoms with Crippen LogP contribution in [0.15, 0.2) is 60.8 Å². The molecular weight excluding hydrogens is 364 g/mol. The number of pyridine rings is 1. The molecule has 0 saturated carbocycles. The number of hydrogen-bond donors (Lipinski definition) is 2. The molecule has 5 rings (SSSR count). The van der Waals surface area contributed by atoms with E-state index < -0.39 is 0 Å². The van der Waals surface area contributed by atoms with E-state index in [0.29, 0.717) is 11.3 Å². The van der Waals surface area contributed by atoms with Gasteiger partial charge in [-0.25, -0.2) is 9.97 Å². The molecule has 1 amide bonds. The molecule has 142 valence electrons. The van der Waals surface area contributed by atoms with Crippen LogP contribution in [-0.4, -0.2) is 30.6 Å². The highest BCUT2D eigenvalue weighted by Gasteiger charge is 2.13. The number of anilines is 1. The number of aromatic amines is 1. The number of hydrogen-bond acceptors (Lipinski definition) is 4. The normalized spacial score (nSPS) is 11.2. The van der Waals surface area contributed by atoms with Gasteiger partial charge in [0.2, 0.25) is 0 Å². The number of rotatable bonds is 3. The molecule has 0 aliphatic carbocycles. The highest BCUT2D eigenvalue weighted by molar-refractivity contribution is 6.06. The lowest BCUT2D eigenvalue weighted by Gasteiger charge is -2.07. The summed E-state index contributed by atoms with van der Waals surface area (Å²) >= 11 is 0. The van der Waals surface area contributed by atoms with Gasteiger partial charge in [-0.15, -0.1) is 0 Å². The molecule has 3 aromatic heterocycles. The van der Waals surface area contributed by atoms with Crippen LogP contribution >= 0.6 is 0 Å². The molecule has 0 aliphatic heterocycles. The molecule has 7 heteroatoms. The molecule has 0 bridgehead atoms. The van der Waals surface area contributed by atoms with Crippen molar-refractivity contribution in [1.82, 2.24) is 24.7 Å². The van der Waals surface area contributed by atoms with Crippen molar-refractivity contribution in [2.75, 3.05) is 5.32 Å². The van der Waals surface area contributed by atoms with Crippen molar-refractivity contribution in [3.63, 3.8) is 0 Å². The molecule has 2 aromatic carbocycles. The third-order valence-corrected chi connectivity index (χ3v) is 4.91. The number of carbonyl (C=O) groups is 1. The second-order valence-corrected chi connectivity index (χ2v) is 6.94. The third kappa shape index (κ3) is 3.02. The van der Waals surface area contributed by atoms with Crippen LogP contribution in [-0.2, 0) is 7.05 Å². The van der Waals surface area contributed by atoms with Gasteiger partial charge in [-0.1, -0.05) is 24.3 Å². The fourth-order valence-corrected chi connectivity index (χ4v) is 3.47. The van der Waals surface area contributed by atoms with Gasteiger partial charge in [0.15, 0.2) is 5.65 Å². The van der Waals surface area contributed by atoms with E-state index >= 15 is 0 Å². The zero-order chi connectivity index (χ0) is 20.0. The molecule has 3 heterocycles. The van der Waals surface area contributed by atoms with Crippen LogP contribution in [0.5, 0.6) is 0 Å². The molecule has 0 fully saturated rings. The number of amides is 1. The van der Waals surface area contributed by atoms with Gasteiger partial charge in [0, 0.05) is 29.9 Å². The average Bonchev–Trinajstić information content (AvgIpc) is 3.29. The van der Waals surface area contributed by atoms with E-state index in [0.717, 1.165) is 39.1 Å². The molecule has 2 N–H and O–H groups in total. The van der Waals surface area contributed by atoms with Crippen molar-refractivity contribution < 1.29 is 4.79 Å². The summed E-state index contributed by atoms with van der Waals surface area (Å²) < 4.78 is 1.71. The molecule has 0 atom stereocenters. The van der Waals surface area contributed by atoms with Crippen LogP contribution in [0.4, 0.5) is 5.69 Å². The monoisotopic (exact) mass is 382 g/mol. The summed E-state index contributed by atoms with van der Waals surface area (Å²) in [4.78, 5) is 25.1. The van der Waals surface area contributed by atoms with Crippen molar-refractivity contribution in [3.8, 4) is 11.4 Å². The Labute approximate surface area is 166 Å². The maximum atomic E-state index is 12.8. The Bertz CT molecular complexity index is 1350. The lowest BCUT2D eigenvalue weighted by molar-refractivity contribution is 0.102. The zero-order valence-electron chi connectivity index (χ0n) is 16.0. The van der Waals surface area contributed by atoms with Gasteiger partial charge in [0.1, 0.15) is 5.82 Å². The van der Waals surface area contributed by atoms with Gasteiger partial charge in [-0.05, 0) is 37.3 Å². The first-order valence-electron chi connectivity index (χ1n) is 9.24. The Morgan fingerprint density at radius 1 is 1.10 bits per heavy atom. The number of aromatic nitrogens is 5. The minimum Gasteiger partial charge on any atom is -0.338 e. The molecule has 0 unspecified atom stereocenters. The fourth-order valence-electron chi connectivity index (χ4n) is 3.47. The van der Waals surface area contributed by atoms with Gasteiger partial charge >= 0.3 is 0 Å². The molecule has 7 nitrogen and oxygen atoms in total. The summed E-state index contributed by atoms with van der Waals surface area (Å²) in [5, 5.41) is 8.17. The quantitative estimate of drug-likeness (QED) is 0.492. The van der Waals surface area contributed by atoms with E-state index in [1.54, 1.807) is 10.9 Å². The molecular formula is C22H18N6O. The Balaban J connectivity index is 1.44. The first kappa shape index (κ1) is 17.1. The molecule has 0 saturated heterocycles. The second kappa shape index (κ2) is 6.56. The van der Waals surface area contributed by atoms with Gasteiger partial charge in [0.05, 0.1) is 22.3 Å². The SMILES string of the molecule is Cc1nn(C)c2ncc(C(=O)Nc3cccc(-c4nc5ccccc5[nH]4)c3)cc12. The van der Waals surface area contributed by atoms with Crippen LogP contribution in [0.2, 0.25) is 0 Å². The van der Waals surface area contributed by atoms with Crippen molar-refractivity contribution in [3.05, 3.63) is 72.1 Å². The Kier molecular flexibility index (Phi) is 3.87. The number of H-pyrrole nitrogens is 1. The maximum Gasteiger partial charge on any atom is 0.257 e. The summed E-state index contributed by atoms with van der Waals surface area (Å²) in [6, 6.07) is 17.3. The van der Waals surface area contributed by atoms with Crippen molar-refractivity contribution in [2.45, 2.75) is 6.92 Å². The van der Waals surface area contributed by atoms with E-state index in [2.05, 4.69) is 25.4 Å².